The first-order chi connectivity index (χ1) is 10.2. The first kappa shape index (κ1) is 17.0. The summed E-state index contributed by atoms with van der Waals surface area (Å²) in [6, 6.07) is 3.94. The molecule has 1 fully saturated rings. The van der Waals surface area contributed by atoms with E-state index in [0.29, 0.717) is 12.1 Å². The molecule has 120 valence electrons. The Labute approximate surface area is 131 Å². The van der Waals surface area contributed by atoms with Crippen LogP contribution in [-0.4, -0.2) is 37.0 Å². The van der Waals surface area contributed by atoms with Crippen LogP contribution in [0, 0.1) is 5.82 Å². The van der Waals surface area contributed by atoms with Crippen LogP contribution in [0.25, 0.3) is 6.08 Å². The Morgan fingerprint density at radius 3 is 2.36 bits per heavy atom. The zero-order valence-corrected chi connectivity index (χ0v) is 13.7. The van der Waals surface area contributed by atoms with Crippen LogP contribution in [0.1, 0.15) is 33.3 Å². The molecule has 0 spiro atoms. The summed E-state index contributed by atoms with van der Waals surface area (Å²) < 4.78 is 25.2. The molecule has 0 bridgehead atoms. The van der Waals surface area contributed by atoms with Crippen LogP contribution in [0.4, 0.5) is 4.39 Å². The van der Waals surface area contributed by atoms with Crippen LogP contribution in [0.2, 0.25) is 0 Å². The number of phenols is 1. The van der Waals surface area contributed by atoms with E-state index < -0.39 is 24.1 Å². The number of rotatable bonds is 4. The van der Waals surface area contributed by atoms with E-state index in [1.807, 2.05) is 34.7 Å². The van der Waals surface area contributed by atoms with Crippen LogP contribution in [0.3, 0.4) is 0 Å². The van der Waals surface area contributed by atoms with Crippen molar-refractivity contribution >= 4 is 13.2 Å². The molecule has 0 atom stereocenters. The van der Waals surface area contributed by atoms with Crippen molar-refractivity contribution < 1.29 is 18.8 Å². The van der Waals surface area contributed by atoms with Crippen molar-refractivity contribution in [3.05, 3.63) is 35.1 Å². The Kier molecular flexibility index (Phi) is 4.66. The Bertz CT molecular complexity index is 571. The molecule has 0 aromatic heterocycles. The molecule has 2 rings (SSSR count). The molecule has 1 heterocycles. The molecule has 4 nitrogen and oxygen atoms in total. The molecule has 1 aromatic carbocycles. The molecule has 0 amide bonds. The lowest BCUT2D eigenvalue weighted by molar-refractivity contribution is 0.00578. The van der Waals surface area contributed by atoms with Crippen LogP contribution in [0.5, 0.6) is 5.75 Å². The minimum atomic E-state index is -0.512. The second-order valence-electron chi connectivity index (χ2n) is 6.54. The normalized spacial score (nSPS) is 20.5. The van der Waals surface area contributed by atoms with E-state index in [1.165, 1.54) is 12.1 Å². The van der Waals surface area contributed by atoms with Gasteiger partial charge in [-0.25, -0.2) is 4.39 Å². The van der Waals surface area contributed by atoms with Gasteiger partial charge in [0, 0.05) is 18.2 Å². The van der Waals surface area contributed by atoms with Gasteiger partial charge in [-0.05, 0) is 52.3 Å². The summed E-state index contributed by atoms with van der Waals surface area (Å²) in [5, 5.41) is 12.9. The highest BCUT2D eigenvalue weighted by atomic mass is 19.1. The van der Waals surface area contributed by atoms with E-state index in [-0.39, 0.29) is 5.75 Å². The van der Waals surface area contributed by atoms with Crippen molar-refractivity contribution in [3.63, 3.8) is 0 Å². The minimum Gasteiger partial charge on any atom is -0.507 e. The third-order valence-electron chi connectivity index (χ3n) is 4.27. The van der Waals surface area contributed by atoms with Gasteiger partial charge < -0.3 is 19.7 Å². The standard InChI is InChI=1S/C16H23BFNO3/c1-15(2)16(3,4)22-17(21-15)12(10-19-5)8-11-6-7-13(18)9-14(11)20/h6-9,19-20H,10H2,1-5H3. The molecule has 2 N–H and O–H groups in total. The van der Waals surface area contributed by atoms with E-state index >= 15 is 0 Å². The maximum absolute atomic E-state index is 13.1. The second kappa shape index (κ2) is 6.03. The maximum Gasteiger partial charge on any atom is 0.491 e. The first-order valence-corrected chi connectivity index (χ1v) is 7.35. The molecule has 1 aliphatic rings. The fourth-order valence-electron chi connectivity index (χ4n) is 2.24. The minimum absolute atomic E-state index is 0.106. The zero-order chi connectivity index (χ0) is 16.5. The number of aromatic hydroxyl groups is 1. The maximum atomic E-state index is 13.1. The van der Waals surface area contributed by atoms with Crippen molar-refractivity contribution in [1.82, 2.24) is 5.32 Å². The average Bonchev–Trinajstić information content (AvgIpc) is 2.61. The zero-order valence-electron chi connectivity index (χ0n) is 13.7. The summed E-state index contributed by atoms with van der Waals surface area (Å²) in [6.07, 6.45) is 1.77. The SMILES string of the molecule is CNCC(=Cc1ccc(F)cc1O)B1OC(C)(C)C(C)(C)O1. The number of nitrogens with one attached hydrogen (secondary N) is 1. The predicted octanol–water partition coefficient (Wildman–Crippen LogP) is 2.77. The summed E-state index contributed by atoms with van der Waals surface area (Å²) in [6.45, 7) is 8.48. The van der Waals surface area contributed by atoms with E-state index in [0.717, 1.165) is 11.5 Å². The summed E-state index contributed by atoms with van der Waals surface area (Å²) in [7, 11) is 1.31. The van der Waals surface area contributed by atoms with Gasteiger partial charge in [-0.3, -0.25) is 0 Å². The van der Waals surface area contributed by atoms with Gasteiger partial charge in [0.25, 0.3) is 0 Å². The Hall–Kier alpha value is -1.37. The molecule has 1 saturated heterocycles. The quantitative estimate of drug-likeness (QED) is 0.840. The van der Waals surface area contributed by atoms with Gasteiger partial charge in [-0.15, -0.1) is 0 Å². The Balaban J connectivity index is 2.33. The molecule has 22 heavy (non-hydrogen) atoms. The van der Waals surface area contributed by atoms with E-state index in [4.69, 9.17) is 9.31 Å². The van der Waals surface area contributed by atoms with Gasteiger partial charge in [-0.2, -0.15) is 0 Å². The van der Waals surface area contributed by atoms with Crippen LogP contribution >= 0.6 is 0 Å². The molecular formula is C16H23BFNO3. The Morgan fingerprint density at radius 1 is 1.27 bits per heavy atom. The van der Waals surface area contributed by atoms with E-state index in [1.54, 1.807) is 6.08 Å². The fourth-order valence-corrected chi connectivity index (χ4v) is 2.24. The lowest BCUT2D eigenvalue weighted by atomic mass is 9.77. The molecule has 0 saturated carbocycles. The van der Waals surface area contributed by atoms with Crippen molar-refractivity contribution in [2.45, 2.75) is 38.9 Å². The van der Waals surface area contributed by atoms with Crippen LogP contribution in [-0.2, 0) is 9.31 Å². The van der Waals surface area contributed by atoms with Crippen molar-refractivity contribution in [2.75, 3.05) is 13.6 Å². The number of benzene rings is 1. The highest BCUT2D eigenvalue weighted by molar-refractivity contribution is 6.56. The molecule has 0 aliphatic carbocycles. The van der Waals surface area contributed by atoms with Crippen molar-refractivity contribution in [2.24, 2.45) is 0 Å². The molecular weight excluding hydrogens is 284 g/mol. The number of likely N-dealkylation sites (N-methyl/N-ethyl adjacent to an activating group) is 1. The van der Waals surface area contributed by atoms with Gasteiger partial charge in [0.2, 0.25) is 0 Å². The predicted molar refractivity (Wildman–Crippen MR) is 86.1 cm³/mol. The summed E-state index contributed by atoms with van der Waals surface area (Å²) in [4.78, 5) is 0. The largest absolute Gasteiger partial charge is 0.507 e. The Morgan fingerprint density at radius 2 is 1.86 bits per heavy atom. The molecule has 0 radical (unpaired) electrons. The van der Waals surface area contributed by atoms with Crippen molar-refractivity contribution in [3.8, 4) is 5.75 Å². The van der Waals surface area contributed by atoms with Gasteiger partial charge in [-0.1, -0.05) is 6.08 Å². The topological polar surface area (TPSA) is 50.7 Å². The van der Waals surface area contributed by atoms with Gasteiger partial charge in [0.1, 0.15) is 11.6 Å². The summed E-state index contributed by atoms with van der Waals surface area (Å²) >= 11 is 0. The molecule has 0 unspecified atom stereocenters. The van der Waals surface area contributed by atoms with E-state index in [9.17, 15) is 9.50 Å². The third-order valence-corrected chi connectivity index (χ3v) is 4.27. The first-order valence-electron chi connectivity index (χ1n) is 7.35. The number of hydrogen-bond acceptors (Lipinski definition) is 4. The van der Waals surface area contributed by atoms with E-state index in [2.05, 4.69) is 5.32 Å². The lowest BCUT2D eigenvalue weighted by Gasteiger charge is -2.32. The summed E-state index contributed by atoms with van der Waals surface area (Å²) in [5.74, 6) is -0.578. The molecule has 1 aliphatic heterocycles. The average molecular weight is 307 g/mol. The van der Waals surface area contributed by atoms with Crippen LogP contribution in [0.15, 0.2) is 23.7 Å². The third kappa shape index (κ3) is 3.34. The number of phenolic OH excluding ortho intramolecular Hbond substituents is 1. The second-order valence-corrected chi connectivity index (χ2v) is 6.54. The van der Waals surface area contributed by atoms with Gasteiger partial charge in [0.15, 0.2) is 0 Å². The monoisotopic (exact) mass is 307 g/mol. The molecule has 1 aromatic rings. The number of halogens is 1. The van der Waals surface area contributed by atoms with Gasteiger partial charge in [0.05, 0.1) is 11.2 Å². The smallest absolute Gasteiger partial charge is 0.491 e. The fraction of sp³-hybridized carbons (Fsp3) is 0.500. The summed E-state index contributed by atoms with van der Waals surface area (Å²) in [5.41, 5.74) is 0.495. The van der Waals surface area contributed by atoms with Crippen molar-refractivity contribution in [1.29, 1.82) is 0 Å². The number of hydrogen-bond donors (Lipinski definition) is 2. The highest BCUT2D eigenvalue weighted by Crippen LogP contribution is 2.39. The highest BCUT2D eigenvalue weighted by Gasteiger charge is 2.52. The lowest BCUT2D eigenvalue weighted by Crippen LogP contribution is -2.41. The van der Waals surface area contributed by atoms with Crippen LogP contribution < -0.4 is 5.32 Å². The molecule has 6 heteroatoms. The van der Waals surface area contributed by atoms with Gasteiger partial charge >= 0.3 is 7.12 Å².